The third-order valence-electron chi connectivity index (χ3n) is 5.33. The number of carboxylic acid groups (broad SMARTS) is 1. The van der Waals surface area contributed by atoms with Crippen LogP contribution in [0.5, 0.6) is 5.75 Å². The minimum absolute atomic E-state index is 0. The number of nitrogens with zero attached hydrogens (tertiary/aromatic N) is 2. The van der Waals surface area contributed by atoms with Gasteiger partial charge in [0.2, 0.25) is 10.0 Å². The van der Waals surface area contributed by atoms with E-state index in [9.17, 15) is 13.2 Å². The van der Waals surface area contributed by atoms with Crippen LogP contribution in [0.4, 0.5) is 0 Å². The van der Waals surface area contributed by atoms with Crippen molar-refractivity contribution in [3.8, 4) is 16.9 Å². The Bertz CT molecular complexity index is 1380. The monoisotopic (exact) mass is 512 g/mol. The Morgan fingerprint density at radius 2 is 1.44 bits per heavy atom. The predicted octanol–water partition coefficient (Wildman–Crippen LogP) is 3.95. The van der Waals surface area contributed by atoms with Gasteiger partial charge >= 0.3 is 35.5 Å². The topological polar surface area (TPSA) is 96.8 Å². The van der Waals surface area contributed by atoms with Gasteiger partial charge in [-0.1, -0.05) is 54.6 Å². The number of aromatic nitrogens is 1. The molecule has 0 spiro atoms. The van der Waals surface area contributed by atoms with Crippen LogP contribution in [0.15, 0.2) is 108 Å². The molecule has 0 aliphatic rings. The van der Waals surface area contributed by atoms with E-state index < -0.39 is 22.6 Å². The van der Waals surface area contributed by atoms with Gasteiger partial charge in [-0.2, -0.15) is 4.31 Å². The van der Waals surface area contributed by atoms with Crippen LogP contribution in [0.3, 0.4) is 0 Å². The van der Waals surface area contributed by atoms with E-state index in [4.69, 9.17) is 9.84 Å². The molecule has 0 aliphatic heterocycles. The maximum atomic E-state index is 13.5. The van der Waals surface area contributed by atoms with E-state index >= 15 is 0 Å². The van der Waals surface area contributed by atoms with Gasteiger partial charge in [0.05, 0.1) is 4.90 Å². The van der Waals surface area contributed by atoms with Crippen LogP contribution >= 0.6 is 0 Å². The molecule has 4 aromatic rings. The van der Waals surface area contributed by atoms with Crippen LogP contribution in [-0.4, -0.2) is 64.9 Å². The number of carbonyl (C=O) groups is 1. The first kappa shape index (κ1) is 27.6. The second kappa shape index (κ2) is 12.8. The fourth-order valence-corrected chi connectivity index (χ4v) is 5.04. The van der Waals surface area contributed by atoms with Crippen molar-refractivity contribution >= 4 is 45.5 Å². The van der Waals surface area contributed by atoms with Crippen molar-refractivity contribution in [2.45, 2.75) is 18.0 Å². The van der Waals surface area contributed by atoms with Gasteiger partial charge < -0.3 is 9.84 Å². The molecule has 0 fully saturated rings. The Kier molecular flexibility index (Phi) is 9.81. The molecule has 1 heterocycles. The first-order valence-corrected chi connectivity index (χ1v) is 12.3. The van der Waals surface area contributed by atoms with Gasteiger partial charge in [-0.05, 0) is 58.7 Å². The van der Waals surface area contributed by atoms with E-state index in [0.29, 0.717) is 11.3 Å². The van der Waals surface area contributed by atoms with E-state index in [-0.39, 0.29) is 47.5 Å². The van der Waals surface area contributed by atoms with Gasteiger partial charge in [0.15, 0.2) is 6.61 Å². The molecule has 0 unspecified atom stereocenters. The summed E-state index contributed by atoms with van der Waals surface area (Å²) in [4.78, 5) is 15.1. The summed E-state index contributed by atoms with van der Waals surface area (Å²) in [7, 11) is -3.81. The van der Waals surface area contributed by atoms with Gasteiger partial charge in [-0.15, -0.1) is 0 Å². The second-order valence-electron chi connectivity index (χ2n) is 7.85. The number of ether oxygens (including phenoxy) is 1. The van der Waals surface area contributed by atoms with Crippen LogP contribution in [0.2, 0.25) is 0 Å². The quantitative estimate of drug-likeness (QED) is 0.323. The van der Waals surface area contributed by atoms with E-state index in [1.165, 1.54) is 4.31 Å². The average molecular weight is 513 g/mol. The van der Waals surface area contributed by atoms with Gasteiger partial charge in [0.25, 0.3) is 0 Å². The second-order valence-corrected chi connectivity index (χ2v) is 9.79. The van der Waals surface area contributed by atoms with Crippen molar-refractivity contribution in [1.82, 2.24) is 9.29 Å². The predicted molar refractivity (Wildman–Crippen MR) is 139 cm³/mol. The van der Waals surface area contributed by atoms with E-state index in [1.54, 1.807) is 67.0 Å². The molecule has 0 aliphatic carbocycles. The summed E-state index contributed by atoms with van der Waals surface area (Å²) in [5.41, 5.74) is 3.55. The molecule has 0 radical (unpaired) electrons. The van der Waals surface area contributed by atoms with Gasteiger partial charge in [0, 0.05) is 25.5 Å². The van der Waals surface area contributed by atoms with E-state index in [0.717, 1.165) is 16.7 Å². The molecule has 0 saturated heterocycles. The number of pyridine rings is 1. The van der Waals surface area contributed by atoms with Crippen molar-refractivity contribution in [1.29, 1.82) is 0 Å². The molecule has 7 nitrogen and oxygen atoms in total. The zero-order chi connectivity index (χ0) is 24.7. The average Bonchev–Trinajstić information content (AvgIpc) is 2.89. The third-order valence-corrected chi connectivity index (χ3v) is 7.13. The summed E-state index contributed by atoms with van der Waals surface area (Å²) >= 11 is 0. The van der Waals surface area contributed by atoms with Crippen molar-refractivity contribution in [3.63, 3.8) is 0 Å². The van der Waals surface area contributed by atoms with Gasteiger partial charge in [-0.25, -0.2) is 13.2 Å². The number of benzene rings is 3. The molecule has 3 aromatic carbocycles. The van der Waals surface area contributed by atoms with Crippen molar-refractivity contribution in [2.75, 3.05) is 6.61 Å². The Labute approximate surface area is 232 Å². The Balaban J connectivity index is 0.00000361. The number of hydrogen-bond donors (Lipinski definition) is 1. The molecule has 0 amide bonds. The fourth-order valence-electron chi connectivity index (χ4n) is 3.60. The van der Waals surface area contributed by atoms with Crippen molar-refractivity contribution in [2.24, 2.45) is 0 Å². The van der Waals surface area contributed by atoms with Crippen molar-refractivity contribution < 1.29 is 23.1 Å². The van der Waals surface area contributed by atoms with E-state index in [2.05, 4.69) is 4.98 Å². The molecule has 1 N–H and O–H groups in total. The van der Waals surface area contributed by atoms with Crippen LogP contribution in [-0.2, 0) is 27.9 Å². The molecule has 9 heteroatoms. The number of carboxylic acids is 1. The molecule has 0 saturated carbocycles. The standard InChI is InChI=1S/C27H24N2O5S.Na.H/c30-27(31)20-34-25-6-4-5-22(17-25)19-29(35(32,33)26-7-2-1-3-8-26)18-21-9-11-23(12-10-21)24-13-15-28-16-14-24;;/h1-17H,18-20H2,(H,30,31);;. The zero-order valence-corrected chi connectivity index (χ0v) is 19.6. The summed E-state index contributed by atoms with van der Waals surface area (Å²) in [5.74, 6) is -0.720. The summed E-state index contributed by atoms with van der Waals surface area (Å²) in [5, 5.41) is 8.86. The molecular formula is C27H25N2NaO5S. The van der Waals surface area contributed by atoms with Gasteiger partial charge in [0.1, 0.15) is 5.75 Å². The Morgan fingerprint density at radius 3 is 2.11 bits per heavy atom. The molecular weight excluding hydrogens is 487 g/mol. The first-order valence-electron chi connectivity index (χ1n) is 10.9. The summed E-state index contributed by atoms with van der Waals surface area (Å²) in [6, 6.07) is 26.7. The number of aliphatic carboxylic acids is 1. The first-order chi connectivity index (χ1) is 16.9. The Morgan fingerprint density at radius 1 is 0.806 bits per heavy atom. The number of sulfonamides is 1. The minimum atomic E-state index is -3.81. The van der Waals surface area contributed by atoms with Crippen LogP contribution in [0, 0.1) is 0 Å². The molecule has 180 valence electrons. The number of hydrogen-bond acceptors (Lipinski definition) is 5. The van der Waals surface area contributed by atoms with Crippen molar-refractivity contribution in [3.05, 3.63) is 115 Å². The normalized spacial score (nSPS) is 11.0. The number of rotatable bonds is 10. The molecule has 0 atom stereocenters. The summed E-state index contributed by atoms with van der Waals surface area (Å²) in [6.45, 7) is -0.221. The zero-order valence-electron chi connectivity index (χ0n) is 18.8. The van der Waals surface area contributed by atoms with Crippen LogP contribution < -0.4 is 4.74 Å². The summed E-state index contributed by atoms with van der Waals surface area (Å²) in [6.07, 6.45) is 3.46. The SMILES string of the molecule is O=C(O)COc1cccc(CN(Cc2ccc(-c3ccncc3)cc2)S(=O)(=O)c2ccccc2)c1.[NaH]. The van der Waals surface area contributed by atoms with E-state index in [1.807, 2.05) is 36.4 Å². The summed E-state index contributed by atoms with van der Waals surface area (Å²) < 4.78 is 33.7. The Hall–Kier alpha value is -3.01. The molecule has 4 rings (SSSR count). The maximum absolute atomic E-state index is 13.5. The van der Waals surface area contributed by atoms with Gasteiger partial charge in [-0.3, -0.25) is 4.98 Å². The van der Waals surface area contributed by atoms with Crippen LogP contribution in [0.25, 0.3) is 11.1 Å². The fraction of sp³-hybridized carbons (Fsp3) is 0.111. The molecule has 0 bridgehead atoms. The third kappa shape index (κ3) is 7.25. The molecule has 1 aromatic heterocycles. The molecule has 36 heavy (non-hydrogen) atoms. The van der Waals surface area contributed by atoms with Crippen LogP contribution in [0.1, 0.15) is 11.1 Å².